The molecule has 1 aromatic carbocycles. The van der Waals surface area contributed by atoms with Gasteiger partial charge in [-0.1, -0.05) is 30.3 Å². The molecule has 0 aliphatic carbocycles. The minimum atomic E-state index is 0.155. The second-order valence-corrected chi connectivity index (χ2v) is 6.13. The van der Waals surface area contributed by atoms with E-state index in [0.717, 1.165) is 32.7 Å². The van der Waals surface area contributed by atoms with E-state index < -0.39 is 0 Å². The Labute approximate surface area is 150 Å². The summed E-state index contributed by atoms with van der Waals surface area (Å²) in [6.45, 7) is 4.51. The molecule has 1 aliphatic heterocycles. The molecule has 8 nitrogen and oxygen atoms in total. The number of rotatable bonds is 4. The number of nitrogens with zero attached hydrogens (tertiary/aromatic N) is 8. The van der Waals surface area contributed by atoms with E-state index in [1.807, 2.05) is 6.07 Å². The molecular formula is C16H17ClN8. The van der Waals surface area contributed by atoms with Crippen LogP contribution in [0.25, 0.3) is 5.95 Å². The number of benzene rings is 1. The van der Waals surface area contributed by atoms with Crippen molar-refractivity contribution in [2.75, 3.05) is 31.1 Å². The van der Waals surface area contributed by atoms with E-state index >= 15 is 0 Å². The van der Waals surface area contributed by atoms with Crippen LogP contribution in [0.2, 0.25) is 5.28 Å². The first-order chi connectivity index (χ1) is 12.3. The molecule has 1 fully saturated rings. The molecule has 4 rings (SSSR count). The number of hydrogen-bond acceptors (Lipinski definition) is 7. The summed E-state index contributed by atoms with van der Waals surface area (Å²) in [6.07, 6.45) is 2.97. The molecule has 3 aromatic rings. The summed E-state index contributed by atoms with van der Waals surface area (Å²) >= 11 is 6.06. The van der Waals surface area contributed by atoms with Crippen LogP contribution in [0.15, 0.2) is 43.0 Å². The van der Waals surface area contributed by atoms with E-state index in [1.165, 1.54) is 22.9 Å². The molecule has 0 N–H and O–H groups in total. The van der Waals surface area contributed by atoms with Crippen LogP contribution in [0.1, 0.15) is 5.56 Å². The maximum absolute atomic E-state index is 6.06. The molecule has 0 unspecified atom stereocenters. The molecule has 25 heavy (non-hydrogen) atoms. The van der Waals surface area contributed by atoms with Crippen LogP contribution in [-0.2, 0) is 6.54 Å². The van der Waals surface area contributed by atoms with Crippen molar-refractivity contribution in [1.29, 1.82) is 0 Å². The average molecular weight is 357 g/mol. The molecule has 1 aliphatic rings. The van der Waals surface area contributed by atoms with Gasteiger partial charge in [0, 0.05) is 32.7 Å². The van der Waals surface area contributed by atoms with Crippen LogP contribution in [0.4, 0.5) is 5.95 Å². The van der Waals surface area contributed by atoms with Gasteiger partial charge in [0.2, 0.25) is 11.2 Å². The third-order valence-electron chi connectivity index (χ3n) is 4.11. The highest BCUT2D eigenvalue weighted by Gasteiger charge is 2.20. The predicted molar refractivity (Wildman–Crippen MR) is 93.7 cm³/mol. The molecule has 128 valence electrons. The molecule has 0 atom stereocenters. The molecule has 0 radical (unpaired) electrons. The summed E-state index contributed by atoms with van der Waals surface area (Å²) in [5.41, 5.74) is 1.33. The molecule has 0 saturated carbocycles. The van der Waals surface area contributed by atoms with Gasteiger partial charge in [-0.15, -0.1) is 0 Å². The SMILES string of the molecule is Clc1nc(N2CCN(Cc3ccccc3)CC2)nc(-n2cncn2)n1. The Morgan fingerprint density at radius 2 is 1.68 bits per heavy atom. The van der Waals surface area contributed by atoms with E-state index in [-0.39, 0.29) is 5.28 Å². The minimum Gasteiger partial charge on any atom is -0.338 e. The smallest absolute Gasteiger partial charge is 0.258 e. The van der Waals surface area contributed by atoms with Crippen molar-refractivity contribution in [3.63, 3.8) is 0 Å². The van der Waals surface area contributed by atoms with Crippen LogP contribution in [-0.4, -0.2) is 60.8 Å². The maximum Gasteiger partial charge on any atom is 0.258 e. The number of piperazine rings is 1. The van der Waals surface area contributed by atoms with Crippen molar-refractivity contribution in [2.24, 2.45) is 0 Å². The highest BCUT2D eigenvalue weighted by atomic mass is 35.5. The van der Waals surface area contributed by atoms with Crippen LogP contribution in [0.3, 0.4) is 0 Å². The second-order valence-electron chi connectivity index (χ2n) is 5.79. The first-order valence-corrected chi connectivity index (χ1v) is 8.43. The molecule has 9 heteroatoms. The van der Waals surface area contributed by atoms with Crippen molar-refractivity contribution >= 4 is 17.5 Å². The first-order valence-electron chi connectivity index (χ1n) is 8.06. The van der Waals surface area contributed by atoms with E-state index in [2.05, 4.69) is 59.1 Å². The van der Waals surface area contributed by atoms with Gasteiger partial charge in [0.25, 0.3) is 5.95 Å². The molecular weight excluding hydrogens is 340 g/mol. The summed E-state index contributed by atoms with van der Waals surface area (Å²) in [4.78, 5) is 21.3. The molecule has 0 bridgehead atoms. The van der Waals surface area contributed by atoms with Crippen LogP contribution >= 0.6 is 11.6 Å². The average Bonchev–Trinajstić information content (AvgIpc) is 3.17. The van der Waals surface area contributed by atoms with Crippen molar-refractivity contribution < 1.29 is 0 Å². The van der Waals surface area contributed by atoms with Gasteiger partial charge in [0.05, 0.1) is 0 Å². The summed E-state index contributed by atoms with van der Waals surface area (Å²) in [5, 5.41) is 4.19. The number of hydrogen-bond donors (Lipinski definition) is 0. The fourth-order valence-electron chi connectivity index (χ4n) is 2.83. The first kappa shape index (κ1) is 15.9. The van der Waals surface area contributed by atoms with Gasteiger partial charge in [-0.2, -0.15) is 24.7 Å². The summed E-state index contributed by atoms with van der Waals surface area (Å²) in [6, 6.07) is 10.5. The molecule has 3 heterocycles. The highest BCUT2D eigenvalue weighted by molar-refractivity contribution is 6.28. The predicted octanol–water partition coefficient (Wildman–Crippen LogP) is 1.43. The third kappa shape index (κ3) is 3.75. The fourth-order valence-corrected chi connectivity index (χ4v) is 2.98. The lowest BCUT2D eigenvalue weighted by Crippen LogP contribution is -2.46. The summed E-state index contributed by atoms with van der Waals surface area (Å²) in [5.74, 6) is 0.948. The Morgan fingerprint density at radius 3 is 2.40 bits per heavy atom. The Hall–Kier alpha value is -2.58. The second kappa shape index (κ2) is 7.12. The van der Waals surface area contributed by atoms with Crippen LogP contribution in [0, 0.1) is 0 Å². The van der Waals surface area contributed by atoms with Crippen molar-refractivity contribution in [2.45, 2.75) is 6.54 Å². The molecule has 1 saturated heterocycles. The quantitative estimate of drug-likeness (QED) is 0.699. The number of halogens is 1. The topological polar surface area (TPSA) is 75.9 Å². The zero-order valence-electron chi connectivity index (χ0n) is 13.5. The standard InChI is InChI=1S/C16H17ClN8/c17-14-20-15(22-16(21-14)25-12-18-11-19-25)24-8-6-23(7-9-24)10-13-4-2-1-3-5-13/h1-5,11-12H,6-10H2. The van der Waals surface area contributed by atoms with E-state index in [4.69, 9.17) is 11.6 Å². The summed E-state index contributed by atoms with van der Waals surface area (Å²) < 4.78 is 1.47. The highest BCUT2D eigenvalue weighted by Crippen LogP contribution is 2.16. The minimum absolute atomic E-state index is 0.155. The zero-order valence-corrected chi connectivity index (χ0v) is 14.3. The number of aromatic nitrogens is 6. The van der Waals surface area contributed by atoms with Gasteiger partial charge in [-0.3, -0.25) is 4.90 Å². The fraction of sp³-hybridized carbons (Fsp3) is 0.312. The van der Waals surface area contributed by atoms with Gasteiger partial charge in [-0.25, -0.2) is 4.98 Å². The van der Waals surface area contributed by atoms with Gasteiger partial charge < -0.3 is 4.90 Å². The van der Waals surface area contributed by atoms with Gasteiger partial charge in [0.1, 0.15) is 12.7 Å². The van der Waals surface area contributed by atoms with Crippen LogP contribution in [0.5, 0.6) is 0 Å². The largest absolute Gasteiger partial charge is 0.338 e. The van der Waals surface area contributed by atoms with Gasteiger partial charge >= 0.3 is 0 Å². The Morgan fingerprint density at radius 1 is 0.920 bits per heavy atom. The zero-order chi connectivity index (χ0) is 17.1. The lowest BCUT2D eigenvalue weighted by atomic mass is 10.2. The van der Waals surface area contributed by atoms with Crippen molar-refractivity contribution in [3.05, 3.63) is 53.8 Å². The van der Waals surface area contributed by atoms with E-state index in [0.29, 0.717) is 11.9 Å². The summed E-state index contributed by atoms with van der Waals surface area (Å²) in [7, 11) is 0. The monoisotopic (exact) mass is 356 g/mol. The lowest BCUT2D eigenvalue weighted by molar-refractivity contribution is 0.248. The maximum atomic E-state index is 6.06. The molecule has 2 aromatic heterocycles. The molecule has 0 spiro atoms. The van der Waals surface area contributed by atoms with Crippen molar-refractivity contribution in [3.8, 4) is 5.95 Å². The van der Waals surface area contributed by atoms with Gasteiger partial charge in [-0.05, 0) is 17.2 Å². The van der Waals surface area contributed by atoms with Crippen molar-refractivity contribution in [1.82, 2.24) is 34.6 Å². The Kier molecular flexibility index (Phi) is 4.53. The van der Waals surface area contributed by atoms with Crippen LogP contribution < -0.4 is 4.90 Å². The Bertz CT molecular complexity index is 815. The Balaban J connectivity index is 1.44. The lowest BCUT2D eigenvalue weighted by Gasteiger charge is -2.34. The normalized spacial score (nSPS) is 15.5. The van der Waals surface area contributed by atoms with E-state index in [9.17, 15) is 0 Å². The number of anilines is 1. The van der Waals surface area contributed by atoms with E-state index in [1.54, 1.807) is 0 Å². The third-order valence-corrected chi connectivity index (χ3v) is 4.28. The van der Waals surface area contributed by atoms with Gasteiger partial charge in [0.15, 0.2) is 0 Å². The molecule has 0 amide bonds.